The minimum atomic E-state index is 0.494. The van der Waals surface area contributed by atoms with Crippen LogP contribution in [0.25, 0.3) is 22.4 Å². The van der Waals surface area contributed by atoms with Crippen molar-refractivity contribution in [1.82, 2.24) is 15.0 Å². The van der Waals surface area contributed by atoms with E-state index in [4.69, 9.17) is 31.0 Å². The lowest BCUT2D eigenvalue weighted by Gasteiger charge is -2.14. The van der Waals surface area contributed by atoms with Crippen LogP contribution in [0.15, 0.2) is 60.8 Å². The smallest absolute Gasteiger partial charge is 0.180 e. The van der Waals surface area contributed by atoms with Crippen molar-refractivity contribution in [3.63, 3.8) is 0 Å². The van der Waals surface area contributed by atoms with Crippen LogP contribution in [0.3, 0.4) is 0 Å². The average Bonchev–Trinajstić information content (AvgIpc) is 2.75. The van der Waals surface area contributed by atoms with E-state index in [1.54, 1.807) is 26.5 Å². The SMILES string of the molecule is COc1cc(OC)c2nc(-c3ccccn3)nc(Nc3ccc(Cl)cc3)c2c1. The first-order valence-corrected chi connectivity index (χ1v) is 8.93. The Morgan fingerprint density at radius 1 is 0.929 bits per heavy atom. The molecule has 140 valence electrons. The highest BCUT2D eigenvalue weighted by molar-refractivity contribution is 6.30. The first kappa shape index (κ1) is 18.0. The van der Waals surface area contributed by atoms with E-state index in [1.807, 2.05) is 48.5 Å². The second-order valence-corrected chi connectivity index (χ2v) is 6.40. The van der Waals surface area contributed by atoms with Crippen LogP contribution in [0.5, 0.6) is 11.5 Å². The molecule has 28 heavy (non-hydrogen) atoms. The largest absolute Gasteiger partial charge is 0.497 e. The number of halogens is 1. The molecule has 0 saturated heterocycles. The minimum absolute atomic E-state index is 0.494. The molecule has 0 aliphatic heterocycles. The van der Waals surface area contributed by atoms with E-state index in [0.717, 1.165) is 11.1 Å². The van der Waals surface area contributed by atoms with Crippen molar-refractivity contribution in [3.05, 3.63) is 65.8 Å². The average molecular weight is 393 g/mol. The summed E-state index contributed by atoms with van der Waals surface area (Å²) in [6, 6.07) is 16.7. The number of pyridine rings is 1. The summed E-state index contributed by atoms with van der Waals surface area (Å²) in [7, 11) is 3.21. The highest BCUT2D eigenvalue weighted by Gasteiger charge is 2.16. The van der Waals surface area contributed by atoms with Crippen LogP contribution < -0.4 is 14.8 Å². The lowest BCUT2D eigenvalue weighted by molar-refractivity contribution is 0.397. The Bertz CT molecular complexity index is 1120. The summed E-state index contributed by atoms with van der Waals surface area (Å²) in [4.78, 5) is 13.8. The van der Waals surface area contributed by atoms with Crippen LogP contribution >= 0.6 is 11.6 Å². The third-order valence-corrected chi connectivity index (χ3v) is 4.45. The number of ether oxygens (including phenoxy) is 2. The van der Waals surface area contributed by atoms with E-state index in [1.165, 1.54) is 0 Å². The summed E-state index contributed by atoms with van der Waals surface area (Å²) in [5, 5.41) is 4.77. The lowest BCUT2D eigenvalue weighted by Crippen LogP contribution is -2.02. The predicted molar refractivity (Wildman–Crippen MR) is 111 cm³/mol. The number of hydrogen-bond acceptors (Lipinski definition) is 6. The summed E-state index contributed by atoms with van der Waals surface area (Å²) in [6.07, 6.45) is 1.71. The molecule has 0 bridgehead atoms. The monoisotopic (exact) mass is 392 g/mol. The van der Waals surface area contributed by atoms with E-state index >= 15 is 0 Å². The van der Waals surface area contributed by atoms with Gasteiger partial charge in [0.15, 0.2) is 5.82 Å². The van der Waals surface area contributed by atoms with Crippen molar-refractivity contribution >= 4 is 34.0 Å². The van der Waals surface area contributed by atoms with Gasteiger partial charge in [0, 0.05) is 23.0 Å². The minimum Gasteiger partial charge on any atom is -0.497 e. The van der Waals surface area contributed by atoms with Crippen LogP contribution in [0.1, 0.15) is 0 Å². The second kappa shape index (κ2) is 7.70. The number of benzene rings is 2. The molecule has 0 amide bonds. The van der Waals surface area contributed by atoms with E-state index < -0.39 is 0 Å². The number of rotatable bonds is 5. The zero-order valence-corrected chi connectivity index (χ0v) is 16.1. The second-order valence-electron chi connectivity index (χ2n) is 5.97. The third kappa shape index (κ3) is 3.54. The van der Waals surface area contributed by atoms with E-state index in [2.05, 4.69) is 10.3 Å². The van der Waals surface area contributed by atoms with Crippen molar-refractivity contribution in [2.45, 2.75) is 0 Å². The highest BCUT2D eigenvalue weighted by atomic mass is 35.5. The van der Waals surface area contributed by atoms with Crippen molar-refractivity contribution in [2.24, 2.45) is 0 Å². The van der Waals surface area contributed by atoms with E-state index in [-0.39, 0.29) is 0 Å². The summed E-state index contributed by atoms with van der Waals surface area (Å²) in [5.74, 6) is 2.35. The van der Waals surface area contributed by atoms with Crippen molar-refractivity contribution in [3.8, 4) is 23.0 Å². The zero-order valence-electron chi connectivity index (χ0n) is 15.3. The fourth-order valence-electron chi connectivity index (χ4n) is 2.82. The maximum atomic E-state index is 6.00. The number of anilines is 2. The topological polar surface area (TPSA) is 69.2 Å². The molecule has 0 aliphatic rings. The Hall–Kier alpha value is -3.38. The van der Waals surface area contributed by atoms with Crippen molar-refractivity contribution < 1.29 is 9.47 Å². The molecule has 0 radical (unpaired) electrons. The fourth-order valence-corrected chi connectivity index (χ4v) is 2.95. The number of aromatic nitrogens is 3. The normalized spacial score (nSPS) is 10.7. The molecule has 0 fully saturated rings. The van der Waals surface area contributed by atoms with Gasteiger partial charge in [-0.15, -0.1) is 0 Å². The van der Waals surface area contributed by atoms with Crippen molar-refractivity contribution in [1.29, 1.82) is 0 Å². The van der Waals surface area contributed by atoms with Gasteiger partial charge in [-0.05, 0) is 42.5 Å². The molecule has 0 saturated carbocycles. The fraction of sp³-hybridized carbons (Fsp3) is 0.0952. The van der Waals surface area contributed by atoms with Gasteiger partial charge >= 0.3 is 0 Å². The Labute approximate surface area is 167 Å². The summed E-state index contributed by atoms with van der Waals surface area (Å²) in [5.41, 5.74) is 2.18. The number of methoxy groups -OCH3 is 2. The van der Waals surface area contributed by atoms with Gasteiger partial charge in [0.1, 0.15) is 28.5 Å². The number of nitrogens with one attached hydrogen (secondary N) is 1. The van der Waals surface area contributed by atoms with Gasteiger partial charge in [-0.1, -0.05) is 17.7 Å². The van der Waals surface area contributed by atoms with Gasteiger partial charge in [0.05, 0.1) is 19.6 Å². The quantitative estimate of drug-likeness (QED) is 0.509. The van der Waals surface area contributed by atoms with Gasteiger partial charge < -0.3 is 14.8 Å². The standard InChI is InChI=1S/C21H17ClN4O2/c1-27-15-11-16-19(18(12-15)28-2)25-21(17-5-3-4-10-23-17)26-20(16)24-14-8-6-13(22)7-9-14/h3-12H,1-2H3,(H,24,25,26). The Balaban J connectivity index is 1.94. The van der Waals surface area contributed by atoms with Gasteiger partial charge in [-0.2, -0.15) is 0 Å². The van der Waals surface area contributed by atoms with Gasteiger partial charge in [-0.25, -0.2) is 9.97 Å². The Kier molecular flexibility index (Phi) is 4.95. The molecule has 2 heterocycles. The molecule has 4 aromatic rings. The Morgan fingerprint density at radius 2 is 1.75 bits per heavy atom. The molecular formula is C21H17ClN4O2. The van der Waals surface area contributed by atoms with Crippen LogP contribution in [-0.2, 0) is 0 Å². The van der Waals surface area contributed by atoms with Gasteiger partial charge in [0.25, 0.3) is 0 Å². The van der Waals surface area contributed by atoms with Crippen LogP contribution in [0, 0.1) is 0 Å². The molecule has 6 nitrogen and oxygen atoms in total. The highest BCUT2D eigenvalue weighted by Crippen LogP contribution is 2.35. The van der Waals surface area contributed by atoms with E-state index in [0.29, 0.717) is 39.4 Å². The molecular weight excluding hydrogens is 376 g/mol. The molecule has 2 aromatic heterocycles. The molecule has 7 heteroatoms. The molecule has 4 rings (SSSR count). The molecule has 0 unspecified atom stereocenters. The molecule has 1 N–H and O–H groups in total. The van der Waals surface area contributed by atoms with Crippen LogP contribution in [0.2, 0.25) is 5.02 Å². The van der Waals surface area contributed by atoms with Crippen molar-refractivity contribution in [2.75, 3.05) is 19.5 Å². The first-order valence-electron chi connectivity index (χ1n) is 8.55. The molecule has 0 aliphatic carbocycles. The van der Waals surface area contributed by atoms with E-state index in [9.17, 15) is 0 Å². The number of nitrogens with zero attached hydrogens (tertiary/aromatic N) is 3. The zero-order chi connectivity index (χ0) is 19.5. The maximum Gasteiger partial charge on any atom is 0.180 e. The predicted octanol–water partition coefficient (Wildman–Crippen LogP) is 5.11. The lowest BCUT2D eigenvalue weighted by atomic mass is 10.2. The third-order valence-electron chi connectivity index (χ3n) is 4.20. The summed E-state index contributed by atoms with van der Waals surface area (Å²) in [6.45, 7) is 0. The first-order chi connectivity index (χ1) is 13.7. The number of fused-ring (bicyclic) bond motifs is 1. The molecule has 2 aromatic carbocycles. The summed E-state index contributed by atoms with van der Waals surface area (Å²) < 4.78 is 11.0. The van der Waals surface area contributed by atoms with Gasteiger partial charge in [-0.3, -0.25) is 4.98 Å². The number of hydrogen-bond donors (Lipinski definition) is 1. The molecule has 0 atom stereocenters. The molecule has 0 spiro atoms. The maximum absolute atomic E-state index is 6.00. The Morgan fingerprint density at radius 3 is 2.43 bits per heavy atom. The van der Waals surface area contributed by atoms with Crippen LogP contribution in [0.4, 0.5) is 11.5 Å². The van der Waals surface area contributed by atoms with Crippen LogP contribution in [-0.4, -0.2) is 29.2 Å². The van der Waals surface area contributed by atoms with Gasteiger partial charge in [0.2, 0.25) is 0 Å². The summed E-state index contributed by atoms with van der Waals surface area (Å²) >= 11 is 6.00.